The van der Waals surface area contributed by atoms with E-state index in [-0.39, 0.29) is 17.4 Å². The SMILES string of the molecule is Cc1c(-c2ccc(=O)n(C)c2)nn(-c2ccccc2)c1NC(=O)NC1CCN(C)c2c(F)cccc21. The lowest BCUT2D eigenvalue weighted by atomic mass is 9.96. The number of nitrogens with one attached hydrogen (secondary N) is 2. The van der Waals surface area contributed by atoms with Gasteiger partial charge in [-0.05, 0) is 37.6 Å². The first-order chi connectivity index (χ1) is 17.3. The third-order valence-electron chi connectivity index (χ3n) is 6.55. The van der Waals surface area contributed by atoms with Gasteiger partial charge in [-0.15, -0.1) is 0 Å². The maximum Gasteiger partial charge on any atom is 0.320 e. The van der Waals surface area contributed by atoms with Crippen LogP contribution in [0.1, 0.15) is 23.6 Å². The van der Waals surface area contributed by atoms with Crippen LogP contribution in [0.4, 0.5) is 20.7 Å². The number of hydrogen-bond acceptors (Lipinski definition) is 4. The Morgan fingerprint density at radius 3 is 2.58 bits per heavy atom. The molecule has 2 aromatic carbocycles. The predicted octanol–water partition coefficient (Wildman–Crippen LogP) is 4.39. The van der Waals surface area contributed by atoms with Crippen molar-refractivity contribution in [2.75, 3.05) is 23.8 Å². The molecular formula is C27H27FN6O2. The van der Waals surface area contributed by atoms with Crippen molar-refractivity contribution in [2.45, 2.75) is 19.4 Å². The molecule has 4 aromatic rings. The minimum Gasteiger partial charge on any atom is -0.372 e. The zero-order chi connectivity index (χ0) is 25.4. The van der Waals surface area contributed by atoms with Crippen molar-refractivity contribution >= 4 is 17.5 Å². The number of halogens is 1. The molecule has 0 aliphatic carbocycles. The smallest absolute Gasteiger partial charge is 0.320 e. The van der Waals surface area contributed by atoms with Crippen LogP contribution in [0.15, 0.2) is 71.7 Å². The predicted molar refractivity (Wildman–Crippen MR) is 138 cm³/mol. The highest BCUT2D eigenvalue weighted by atomic mass is 19.1. The number of benzene rings is 2. The fraction of sp³-hybridized carbons (Fsp3) is 0.222. The van der Waals surface area contributed by atoms with Gasteiger partial charge in [-0.3, -0.25) is 10.1 Å². The molecule has 36 heavy (non-hydrogen) atoms. The third kappa shape index (κ3) is 4.24. The monoisotopic (exact) mass is 486 g/mol. The fourth-order valence-corrected chi connectivity index (χ4v) is 4.66. The average molecular weight is 487 g/mol. The molecule has 184 valence electrons. The number of carbonyl (C=O) groups excluding carboxylic acids is 1. The molecule has 8 nitrogen and oxygen atoms in total. The highest BCUT2D eigenvalue weighted by Crippen LogP contribution is 2.35. The summed E-state index contributed by atoms with van der Waals surface area (Å²) in [7, 11) is 3.53. The number of amides is 2. The number of aromatic nitrogens is 3. The first kappa shape index (κ1) is 23.3. The van der Waals surface area contributed by atoms with E-state index in [1.807, 2.05) is 55.3 Å². The maximum absolute atomic E-state index is 14.5. The molecule has 0 bridgehead atoms. The molecule has 2 N–H and O–H groups in total. The van der Waals surface area contributed by atoms with Crippen molar-refractivity contribution in [3.8, 4) is 16.9 Å². The highest BCUT2D eigenvalue weighted by Gasteiger charge is 2.28. The molecule has 2 aromatic heterocycles. The number of urea groups is 1. The Morgan fingerprint density at radius 2 is 1.83 bits per heavy atom. The number of aryl methyl sites for hydroxylation is 1. The average Bonchev–Trinajstić information content (AvgIpc) is 3.19. The lowest BCUT2D eigenvalue weighted by Crippen LogP contribution is -2.39. The van der Waals surface area contributed by atoms with Crippen molar-refractivity contribution in [3.63, 3.8) is 0 Å². The molecule has 0 fully saturated rings. The number of rotatable bonds is 4. The molecule has 1 unspecified atom stereocenters. The Bertz CT molecular complexity index is 1490. The zero-order valence-electron chi connectivity index (χ0n) is 20.3. The normalized spacial score (nSPS) is 14.9. The van der Waals surface area contributed by atoms with E-state index in [2.05, 4.69) is 10.6 Å². The minimum absolute atomic E-state index is 0.119. The molecule has 9 heteroatoms. The summed E-state index contributed by atoms with van der Waals surface area (Å²) < 4.78 is 17.7. The second-order valence-corrected chi connectivity index (χ2v) is 8.98. The van der Waals surface area contributed by atoms with E-state index in [0.717, 1.165) is 22.4 Å². The van der Waals surface area contributed by atoms with Crippen LogP contribution in [-0.2, 0) is 7.05 Å². The Labute approximate surface area is 208 Å². The number of fused-ring (bicyclic) bond motifs is 1. The van der Waals surface area contributed by atoms with Gasteiger partial charge in [-0.1, -0.05) is 30.3 Å². The lowest BCUT2D eigenvalue weighted by Gasteiger charge is -2.33. The van der Waals surface area contributed by atoms with E-state index in [4.69, 9.17) is 5.10 Å². The van der Waals surface area contributed by atoms with Gasteiger partial charge in [0.25, 0.3) is 0 Å². The van der Waals surface area contributed by atoms with Crippen LogP contribution in [0.2, 0.25) is 0 Å². The molecule has 1 aliphatic heterocycles. The molecular weight excluding hydrogens is 459 g/mol. The van der Waals surface area contributed by atoms with Gasteiger partial charge >= 0.3 is 6.03 Å². The molecule has 0 spiro atoms. The van der Waals surface area contributed by atoms with Gasteiger partial charge in [0.1, 0.15) is 11.6 Å². The maximum atomic E-state index is 14.5. The van der Waals surface area contributed by atoms with Gasteiger partial charge in [0, 0.05) is 49.6 Å². The molecule has 5 rings (SSSR count). The van der Waals surface area contributed by atoms with Gasteiger partial charge in [0.05, 0.1) is 23.1 Å². The first-order valence-electron chi connectivity index (χ1n) is 11.7. The Kier molecular flexibility index (Phi) is 6.05. The number of pyridine rings is 1. The second-order valence-electron chi connectivity index (χ2n) is 8.98. The lowest BCUT2D eigenvalue weighted by molar-refractivity contribution is 0.247. The number of carbonyl (C=O) groups is 1. The summed E-state index contributed by atoms with van der Waals surface area (Å²) in [5.74, 6) is 0.205. The van der Waals surface area contributed by atoms with Crippen molar-refractivity contribution in [1.82, 2.24) is 19.7 Å². The Balaban J connectivity index is 1.49. The largest absolute Gasteiger partial charge is 0.372 e. The standard InChI is InChI=1S/C27H27FN6O2/c1-17-24(18-12-13-23(35)33(3)16-18)31-34(19-8-5-4-6-9-19)26(17)30-27(36)29-22-14-15-32(2)25-20(22)10-7-11-21(25)28/h4-13,16,22H,14-15H2,1-3H3,(H2,29,30,36). The highest BCUT2D eigenvalue weighted by molar-refractivity contribution is 5.91. The van der Waals surface area contributed by atoms with Crippen molar-refractivity contribution in [2.24, 2.45) is 7.05 Å². The van der Waals surface area contributed by atoms with E-state index in [0.29, 0.717) is 30.2 Å². The number of hydrogen-bond donors (Lipinski definition) is 2. The van der Waals surface area contributed by atoms with Crippen LogP contribution in [0, 0.1) is 12.7 Å². The molecule has 1 aliphatic rings. The topological polar surface area (TPSA) is 84.2 Å². The van der Waals surface area contributed by atoms with Crippen LogP contribution < -0.4 is 21.1 Å². The van der Waals surface area contributed by atoms with E-state index in [1.54, 1.807) is 30.1 Å². The molecule has 2 amide bonds. The number of para-hydroxylation sites is 2. The van der Waals surface area contributed by atoms with E-state index >= 15 is 0 Å². The van der Waals surface area contributed by atoms with Crippen molar-refractivity contribution < 1.29 is 9.18 Å². The van der Waals surface area contributed by atoms with Crippen LogP contribution >= 0.6 is 0 Å². The summed E-state index contributed by atoms with van der Waals surface area (Å²) in [6.45, 7) is 2.50. The van der Waals surface area contributed by atoms with Crippen LogP contribution in [0.3, 0.4) is 0 Å². The first-order valence-corrected chi connectivity index (χ1v) is 11.7. The van der Waals surface area contributed by atoms with Gasteiger partial charge < -0.3 is 14.8 Å². The Morgan fingerprint density at radius 1 is 1.06 bits per heavy atom. The van der Waals surface area contributed by atoms with Gasteiger partial charge in [0.15, 0.2) is 0 Å². The summed E-state index contributed by atoms with van der Waals surface area (Å²) in [5, 5.41) is 10.8. The second kappa shape index (κ2) is 9.33. The van der Waals surface area contributed by atoms with Crippen molar-refractivity contribution in [1.29, 1.82) is 0 Å². The molecule has 0 saturated heterocycles. The summed E-state index contributed by atoms with van der Waals surface area (Å²) in [6.07, 6.45) is 2.38. The molecule has 3 heterocycles. The van der Waals surface area contributed by atoms with Crippen LogP contribution in [-0.4, -0.2) is 34.0 Å². The van der Waals surface area contributed by atoms with Gasteiger partial charge in [0.2, 0.25) is 5.56 Å². The molecule has 1 atom stereocenters. The summed E-state index contributed by atoms with van der Waals surface area (Å²) in [6, 6.07) is 16.9. The Hall–Kier alpha value is -4.40. The van der Waals surface area contributed by atoms with E-state index in [1.165, 1.54) is 16.7 Å². The summed E-state index contributed by atoms with van der Waals surface area (Å²) in [5.41, 5.74) is 4.08. The zero-order valence-corrected chi connectivity index (χ0v) is 20.3. The molecule has 0 saturated carbocycles. The summed E-state index contributed by atoms with van der Waals surface area (Å²) >= 11 is 0. The number of nitrogens with zero attached hydrogens (tertiary/aromatic N) is 4. The third-order valence-corrected chi connectivity index (χ3v) is 6.55. The summed E-state index contributed by atoms with van der Waals surface area (Å²) in [4.78, 5) is 27.0. The van der Waals surface area contributed by atoms with E-state index < -0.39 is 6.03 Å². The van der Waals surface area contributed by atoms with Gasteiger partial charge in [-0.25, -0.2) is 13.9 Å². The van der Waals surface area contributed by atoms with Crippen molar-refractivity contribution in [3.05, 3.63) is 94.2 Å². The van der Waals surface area contributed by atoms with E-state index in [9.17, 15) is 14.0 Å². The van der Waals surface area contributed by atoms with Gasteiger partial charge in [-0.2, -0.15) is 5.10 Å². The van der Waals surface area contributed by atoms with Crippen LogP contribution in [0.25, 0.3) is 16.9 Å². The number of anilines is 2. The quantitative estimate of drug-likeness (QED) is 0.448. The minimum atomic E-state index is -0.410. The van der Waals surface area contributed by atoms with Crippen LogP contribution in [0.5, 0.6) is 0 Å². The molecule has 0 radical (unpaired) electrons. The fourth-order valence-electron chi connectivity index (χ4n) is 4.66.